The van der Waals surface area contributed by atoms with Crippen LogP contribution in [0.25, 0.3) is 0 Å². The minimum Gasteiger partial charge on any atom is -0.388 e. The van der Waals surface area contributed by atoms with E-state index in [1.165, 1.54) is 25.7 Å². The number of nitrogens with one attached hydrogen (secondary N) is 1. The summed E-state index contributed by atoms with van der Waals surface area (Å²) >= 11 is 0. The molecule has 1 spiro atoms. The van der Waals surface area contributed by atoms with Crippen LogP contribution in [0.2, 0.25) is 0 Å². The quantitative estimate of drug-likeness (QED) is 0.616. The molecule has 2 aliphatic heterocycles. The molecule has 2 rings (SSSR count). The molecule has 0 aliphatic carbocycles. The first-order valence-electron chi connectivity index (χ1n) is 8.84. The van der Waals surface area contributed by atoms with Crippen molar-refractivity contribution in [2.75, 3.05) is 39.4 Å². The van der Waals surface area contributed by atoms with Crippen molar-refractivity contribution in [3.05, 3.63) is 0 Å². The molecule has 2 atom stereocenters. The number of ether oxygens (including phenoxy) is 1. The predicted octanol–water partition coefficient (Wildman–Crippen LogP) is 2.01. The summed E-state index contributed by atoms with van der Waals surface area (Å²) in [6, 6.07) is 0. The van der Waals surface area contributed by atoms with Crippen LogP contribution >= 0.6 is 0 Å². The van der Waals surface area contributed by atoms with E-state index in [4.69, 9.17) is 9.73 Å². The van der Waals surface area contributed by atoms with Crippen LogP contribution in [0.1, 0.15) is 52.9 Å². The number of likely N-dealkylation sites (tertiary alicyclic amines) is 1. The normalized spacial score (nSPS) is 29.5. The second-order valence-electron chi connectivity index (χ2n) is 7.20. The fourth-order valence-corrected chi connectivity index (χ4v) is 3.40. The fourth-order valence-electron chi connectivity index (χ4n) is 3.40. The first-order chi connectivity index (χ1) is 10.5. The van der Waals surface area contributed by atoms with Gasteiger partial charge in [-0.3, -0.25) is 4.99 Å². The van der Waals surface area contributed by atoms with Crippen LogP contribution in [-0.4, -0.2) is 61.0 Å². The summed E-state index contributed by atoms with van der Waals surface area (Å²) in [5, 5.41) is 13.6. The molecule has 128 valence electrons. The van der Waals surface area contributed by atoms with E-state index in [0.29, 0.717) is 18.4 Å². The van der Waals surface area contributed by atoms with Crippen molar-refractivity contribution >= 4 is 5.96 Å². The average molecular weight is 311 g/mol. The second-order valence-corrected chi connectivity index (χ2v) is 7.20. The van der Waals surface area contributed by atoms with Crippen molar-refractivity contribution in [3.63, 3.8) is 0 Å². The molecule has 2 fully saturated rings. The maximum Gasteiger partial charge on any atom is 0.194 e. The standard InChI is InChI=1S/C17H33N3O2/c1-4-16(3,21)12-19-15(18-5-2)20-10-6-8-17(13-20)9-7-11-22-14-17/h21H,4-14H2,1-3H3,(H,18,19). The number of nitrogens with zero attached hydrogens (tertiary/aromatic N) is 2. The number of aliphatic hydroxyl groups is 1. The number of rotatable bonds is 4. The predicted molar refractivity (Wildman–Crippen MR) is 90.2 cm³/mol. The molecule has 5 heteroatoms. The van der Waals surface area contributed by atoms with Crippen molar-refractivity contribution in [1.29, 1.82) is 0 Å². The minimum atomic E-state index is -0.720. The number of aliphatic imine (C=N–C) groups is 1. The summed E-state index contributed by atoms with van der Waals surface area (Å²) in [5.41, 5.74) is -0.415. The number of piperidine rings is 1. The lowest BCUT2D eigenvalue weighted by Gasteiger charge is -2.45. The molecule has 0 radical (unpaired) electrons. The van der Waals surface area contributed by atoms with E-state index in [2.05, 4.69) is 17.1 Å². The molecule has 22 heavy (non-hydrogen) atoms. The van der Waals surface area contributed by atoms with Crippen molar-refractivity contribution < 1.29 is 9.84 Å². The summed E-state index contributed by atoms with van der Waals surface area (Å²) in [4.78, 5) is 7.07. The van der Waals surface area contributed by atoms with Crippen LogP contribution in [0.15, 0.2) is 4.99 Å². The van der Waals surface area contributed by atoms with E-state index in [1.54, 1.807) is 0 Å². The van der Waals surface area contributed by atoms with Gasteiger partial charge in [-0.05, 0) is 46.0 Å². The van der Waals surface area contributed by atoms with Crippen LogP contribution in [0, 0.1) is 5.41 Å². The molecule has 0 saturated carbocycles. The van der Waals surface area contributed by atoms with E-state index in [1.807, 2.05) is 13.8 Å². The average Bonchev–Trinajstić information content (AvgIpc) is 2.52. The number of hydrogen-bond donors (Lipinski definition) is 2. The molecular formula is C17H33N3O2. The molecule has 2 unspecified atom stereocenters. The Morgan fingerprint density at radius 3 is 2.77 bits per heavy atom. The third-order valence-electron chi connectivity index (χ3n) is 5.03. The lowest BCUT2D eigenvalue weighted by Crippen LogP contribution is -2.53. The van der Waals surface area contributed by atoms with Crippen molar-refractivity contribution in [2.24, 2.45) is 10.4 Å². The highest BCUT2D eigenvalue weighted by atomic mass is 16.5. The Balaban J connectivity index is 2.05. The summed E-state index contributed by atoms with van der Waals surface area (Å²) in [6.07, 6.45) is 5.60. The Bertz CT molecular complexity index is 371. The smallest absolute Gasteiger partial charge is 0.194 e. The first-order valence-corrected chi connectivity index (χ1v) is 8.84. The summed E-state index contributed by atoms with van der Waals surface area (Å²) in [5.74, 6) is 0.945. The molecule has 2 N–H and O–H groups in total. The van der Waals surface area contributed by atoms with Gasteiger partial charge in [0, 0.05) is 31.7 Å². The van der Waals surface area contributed by atoms with E-state index in [9.17, 15) is 5.11 Å². The van der Waals surface area contributed by atoms with Crippen molar-refractivity contribution in [3.8, 4) is 0 Å². The molecule has 5 nitrogen and oxygen atoms in total. The van der Waals surface area contributed by atoms with Gasteiger partial charge < -0.3 is 20.1 Å². The maximum atomic E-state index is 10.2. The molecule has 2 heterocycles. The number of hydrogen-bond acceptors (Lipinski definition) is 3. The van der Waals surface area contributed by atoms with E-state index >= 15 is 0 Å². The SMILES string of the molecule is CCNC(=NCC(C)(O)CC)N1CCCC2(CCCOC2)C1. The molecule has 0 bridgehead atoms. The Kier molecular flexibility index (Phi) is 6.09. The Hall–Kier alpha value is -0.810. The molecule has 2 saturated heterocycles. The van der Waals surface area contributed by atoms with Crippen LogP contribution in [0.3, 0.4) is 0 Å². The molecule has 0 aromatic carbocycles. The molecule has 0 amide bonds. The van der Waals surface area contributed by atoms with Crippen LogP contribution in [0.4, 0.5) is 0 Å². The van der Waals surface area contributed by atoms with Gasteiger partial charge >= 0.3 is 0 Å². The third-order valence-corrected chi connectivity index (χ3v) is 5.03. The molecule has 0 aromatic heterocycles. The van der Waals surface area contributed by atoms with Crippen molar-refractivity contribution in [1.82, 2.24) is 10.2 Å². The van der Waals surface area contributed by atoms with Crippen LogP contribution in [0.5, 0.6) is 0 Å². The van der Waals surface area contributed by atoms with Gasteiger partial charge in [-0.1, -0.05) is 6.92 Å². The second kappa shape index (κ2) is 7.64. The Labute approximate surface area is 135 Å². The fraction of sp³-hybridized carbons (Fsp3) is 0.941. The Morgan fingerprint density at radius 2 is 2.14 bits per heavy atom. The Morgan fingerprint density at radius 1 is 1.36 bits per heavy atom. The summed E-state index contributed by atoms with van der Waals surface area (Å²) in [6.45, 7) is 11.1. The topological polar surface area (TPSA) is 57.1 Å². The lowest BCUT2D eigenvalue weighted by atomic mass is 9.76. The van der Waals surface area contributed by atoms with Gasteiger partial charge in [0.2, 0.25) is 0 Å². The molecular weight excluding hydrogens is 278 g/mol. The van der Waals surface area contributed by atoms with Gasteiger partial charge in [0.1, 0.15) is 0 Å². The zero-order chi connectivity index (χ0) is 16.1. The molecule has 0 aromatic rings. The van der Waals surface area contributed by atoms with E-state index < -0.39 is 5.60 Å². The highest BCUT2D eigenvalue weighted by Crippen LogP contribution is 2.37. The highest BCUT2D eigenvalue weighted by Gasteiger charge is 2.38. The van der Waals surface area contributed by atoms with Gasteiger partial charge in [-0.2, -0.15) is 0 Å². The zero-order valence-corrected chi connectivity index (χ0v) is 14.5. The maximum absolute atomic E-state index is 10.2. The van der Waals surface area contributed by atoms with Gasteiger partial charge in [0.05, 0.1) is 18.8 Å². The van der Waals surface area contributed by atoms with Crippen LogP contribution in [-0.2, 0) is 4.74 Å². The van der Waals surface area contributed by atoms with Gasteiger partial charge in [0.25, 0.3) is 0 Å². The number of guanidine groups is 1. The van der Waals surface area contributed by atoms with Gasteiger partial charge in [-0.25, -0.2) is 0 Å². The third kappa shape index (κ3) is 4.59. The van der Waals surface area contributed by atoms with Gasteiger partial charge in [-0.15, -0.1) is 0 Å². The van der Waals surface area contributed by atoms with Crippen LogP contribution < -0.4 is 5.32 Å². The van der Waals surface area contributed by atoms with Gasteiger partial charge in [0.15, 0.2) is 5.96 Å². The highest BCUT2D eigenvalue weighted by molar-refractivity contribution is 5.80. The summed E-state index contributed by atoms with van der Waals surface area (Å²) in [7, 11) is 0. The van der Waals surface area contributed by atoms with E-state index in [-0.39, 0.29) is 0 Å². The summed E-state index contributed by atoms with van der Waals surface area (Å²) < 4.78 is 5.76. The van der Waals surface area contributed by atoms with E-state index in [0.717, 1.165) is 38.8 Å². The lowest BCUT2D eigenvalue weighted by molar-refractivity contribution is -0.0371. The van der Waals surface area contributed by atoms with Crippen molar-refractivity contribution in [2.45, 2.75) is 58.5 Å². The molecule has 2 aliphatic rings. The first kappa shape index (κ1) is 17.5. The largest absolute Gasteiger partial charge is 0.388 e. The zero-order valence-electron chi connectivity index (χ0n) is 14.5. The minimum absolute atomic E-state index is 0.306. The monoisotopic (exact) mass is 311 g/mol.